The third kappa shape index (κ3) is 2.65. The molecule has 18 heavy (non-hydrogen) atoms. The van der Waals surface area contributed by atoms with Crippen molar-refractivity contribution >= 4 is 29.1 Å². The highest BCUT2D eigenvalue weighted by atomic mass is 35.5. The molecule has 0 aromatic heterocycles. The molecule has 0 aliphatic heterocycles. The highest BCUT2D eigenvalue weighted by Gasteiger charge is 2.68. The predicted molar refractivity (Wildman–Crippen MR) is 75.9 cm³/mol. The van der Waals surface area contributed by atoms with Gasteiger partial charge in [-0.25, -0.2) is 0 Å². The van der Waals surface area contributed by atoms with Crippen LogP contribution in [0.3, 0.4) is 0 Å². The van der Waals surface area contributed by atoms with Gasteiger partial charge < -0.3 is 5.32 Å². The van der Waals surface area contributed by atoms with Crippen LogP contribution in [0.1, 0.15) is 53.4 Å². The number of carbonyl (C=O) groups excluding carboxylic acids is 1. The van der Waals surface area contributed by atoms with E-state index in [9.17, 15) is 4.79 Å². The van der Waals surface area contributed by atoms with Gasteiger partial charge in [0, 0.05) is 6.04 Å². The first kappa shape index (κ1) is 14.5. The van der Waals surface area contributed by atoms with Crippen molar-refractivity contribution in [3.05, 3.63) is 0 Å². The van der Waals surface area contributed by atoms with Crippen molar-refractivity contribution in [1.29, 1.82) is 0 Å². The molecule has 1 N–H and O–H groups in total. The van der Waals surface area contributed by atoms with Gasteiger partial charge >= 0.3 is 0 Å². The minimum absolute atomic E-state index is 0.0161. The Morgan fingerprint density at radius 2 is 1.78 bits per heavy atom. The second-order valence-electron chi connectivity index (χ2n) is 7.30. The Morgan fingerprint density at radius 1 is 1.22 bits per heavy atom. The standard InChI is InChI=1S/C14H23Cl2NO/c1-9-5-10(7-12(2,3)6-9)17-11(18)13(4)8-14(13,15)16/h9-10H,5-8H2,1-4H3,(H,17,18)/t9-,10-,13+/m1/s1. The van der Waals surface area contributed by atoms with Crippen LogP contribution in [0.5, 0.6) is 0 Å². The van der Waals surface area contributed by atoms with E-state index in [1.165, 1.54) is 6.42 Å². The second kappa shape index (κ2) is 4.28. The summed E-state index contributed by atoms with van der Waals surface area (Å²) in [5.74, 6) is 0.671. The van der Waals surface area contributed by atoms with Gasteiger partial charge in [-0.15, -0.1) is 23.2 Å². The second-order valence-corrected chi connectivity index (χ2v) is 8.78. The molecule has 2 rings (SSSR count). The highest BCUT2D eigenvalue weighted by molar-refractivity contribution is 6.53. The van der Waals surface area contributed by atoms with Gasteiger partial charge in [0.05, 0.1) is 5.41 Å². The molecule has 0 unspecified atom stereocenters. The Labute approximate surface area is 120 Å². The fraction of sp³-hybridized carbons (Fsp3) is 0.929. The average Bonchev–Trinajstić information content (AvgIpc) is 2.63. The predicted octanol–water partition coefficient (Wildman–Crippen LogP) is 3.90. The third-order valence-corrected chi connectivity index (χ3v) is 5.58. The number of halogens is 2. The van der Waals surface area contributed by atoms with E-state index in [0.717, 1.165) is 12.8 Å². The number of hydrogen-bond donors (Lipinski definition) is 1. The van der Waals surface area contributed by atoms with Crippen molar-refractivity contribution in [2.75, 3.05) is 0 Å². The molecule has 4 heteroatoms. The van der Waals surface area contributed by atoms with Crippen LogP contribution in [-0.4, -0.2) is 16.3 Å². The monoisotopic (exact) mass is 291 g/mol. The van der Waals surface area contributed by atoms with Crippen molar-refractivity contribution in [2.45, 2.75) is 63.8 Å². The first-order chi connectivity index (χ1) is 8.06. The molecule has 0 spiro atoms. The van der Waals surface area contributed by atoms with Gasteiger partial charge in [0.2, 0.25) is 5.91 Å². The van der Waals surface area contributed by atoms with E-state index < -0.39 is 9.75 Å². The Kier molecular flexibility index (Phi) is 3.43. The van der Waals surface area contributed by atoms with E-state index in [1.54, 1.807) is 0 Å². The Balaban J connectivity index is 1.96. The molecule has 0 bridgehead atoms. The summed E-state index contributed by atoms with van der Waals surface area (Å²) in [4.78, 5) is 12.2. The summed E-state index contributed by atoms with van der Waals surface area (Å²) in [5, 5.41) is 3.16. The fourth-order valence-corrected chi connectivity index (χ4v) is 4.15. The number of alkyl halides is 2. The Morgan fingerprint density at radius 3 is 2.22 bits per heavy atom. The average molecular weight is 292 g/mol. The maximum atomic E-state index is 12.2. The molecule has 104 valence electrons. The number of rotatable bonds is 2. The normalized spacial score (nSPS) is 41.2. The largest absolute Gasteiger partial charge is 0.353 e. The highest BCUT2D eigenvalue weighted by Crippen LogP contribution is 2.63. The summed E-state index contributed by atoms with van der Waals surface area (Å²) in [5.41, 5.74) is -0.292. The maximum absolute atomic E-state index is 12.2. The molecule has 3 atom stereocenters. The van der Waals surface area contributed by atoms with Gasteiger partial charge in [0.1, 0.15) is 4.33 Å². The van der Waals surface area contributed by atoms with Crippen molar-refractivity contribution < 1.29 is 4.79 Å². The molecular formula is C14H23Cl2NO. The van der Waals surface area contributed by atoms with Crippen LogP contribution < -0.4 is 5.32 Å². The van der Waals surface area contributed by atoms with Gasteiger partial charge in [-0.2, -0.15) is 0 Å². The molecule has 2 nitrogen and oxygen atoms in total. The molecule has 0 heterocycles. The van der Waals surface area contributed by atoms with Gasteiger partial charge in [0.15, 0.2) is 0 Å². The lowest BCUT2D eigenvalue weighted by atomic mass is 9.70. The van der Waals surface area contributed by atoms with E-state index in [-0.39, 0.29) is 11.9 Å². The first-order valence-corrected chi connectivity index (χ1v) is 7.50. The summed E-state index contributed by atoms with van der Waals surface area (Å²) in [7, 11) is 0. The van der Waals surface area contributed by atoms with Crippen molar-refractivity contribution in [1.82, 2.24) is 5.32 Å². The quantitative estimate of drug-likeness (QED) is 0.768. The SMILES string of the molecule is C[C@@H]1C[C@@H](NC(=O)[C@]2(C)CC2(Cl)Cl)CC(C)(C)C1. The lowest BCUT2D eigenvalue weighted by molar-refractivity contribution is -0.127. The van der Waals surface area contributed by atoms with Crippen molar-refractivity contribution in [3.8, 4) is 0 Å². The van der Waals surface area contributed by atoms with Gasteiger partial charge in [-0.3, -0.25) is 4.79 Å². The summed E-state index contributed by atoms with van der Waals surface area (Å²) in [6.45, 7) is 8.65. The van der Waals surface area contributed by atoms with Crippen LogP contribution in [-0.2, 0) is 4.79 Å². The molecule has 2 aliphatic carbocycles. The molecule has 0 aromatic rings. The van der Waals surface area contributed by atoms with Gasteiger partial charge in [-0.1, -0.05) is 20.8 Å². The molecule has 0 aromatic carbocycles. The van der Waals surface area contributed by atoms with E-state index in [2.05, 4.69) is 26.1 Å². The minimum Gasteiger partial charge on any atom is -0.353 e. The third-order valence-electron chi connectivity index (χ3n) is 4.48. The van der Waals surface area contributed by atoms with Crippen molar-refractivity contribution in [2.24, 2.45) is 16.7 Å². The molecular weight excluding hydrogens is 269 g/mol. The number of nitrogens with one attached hydrogen (secondary N) is 1. The Hall–Kier alpha value is 0.0500. The molecule has 0 saturated heterocycles. The zero-order valence-corrected chi connectivity index (χ0v) is 13.2. The van der Waals surface area contributed by atoms with Crippen LogP contribution in [0, 0.1) is 16.7 Å². The lowest BCUT2D eigenvalue weighted by Crippen LogP contribution is -2.46. The molecule has 2 fully saturated rings. The topological polar surface area (TPSA) is 29.1 Å². The van der Waals surface area contributed by atoms with Crippen molar-refractivity contribution in [3.63, 3.8) is 0 Å². The zero-order chi connectivity index (χ0) is 13.8. The van der Waals surface area contributed by atoms with Crippen LogP contribution >= 0.6 is 23.2 Å². The maximum Gasteiger partial charge on any atom is 0.229 e. The van der Waals surface area contributed by atoms with Crippen LogP contribution in [0.15, 0.2) is 0 Å². The van der Waals surface area contributed by atoms with E-state index in [1.807, 2.05) is 6.92 Å². The zero-order valence-electron chi connectivity index (χ0n) is 11.6. The number of carbonyl (C=O) groups is 1. The molecule has 1 amide bonds. The first-order valence-electron chi connectivity index (χ1n) is 6.75. The minimum atomic E-state index is -0.868. The van der Waals surface area contributed by atoms with Gasteiger partial charge in [0.25, 0.3) is 0 Å². The van der Waals surface area contributed by atoms with Gasteiger partial charge in [-0.05, 0) is 43.9 Å². The van der Waals surface area contributed by atoms with Crippen LogP contribution in [0.2, 0.25) is 0 Å². The summed E-state index contributed by atoms with van der Waals surface area (Å²) in [6.07, 6.45) is 3.88. The lowest BCUT2D eigenvalue weighted by Gasteiger charge is -2.39. The van der Waals surface area contributed by atoms with Crippen LogP contribution in [0.25, 0.3) is 0 Å². The molecule has 0 radical (unpaired) electrons. The number of amides is 1. The molecule has 2 aliphatic rings. The summed E-state index contributed by atoms with van der Waals surface area (Å²) >= 11 is 12.1. The summed E-state index contributed by atoms with van der Waals surface area (Å²) in [6, 6.07) is 0.262. The Bertz CT molecular complexity index is 367. The smallest absolute Gasteiger partial charge is 0.229 e. The number of hydrogen-bond acceptors (Lipinski definition) is 1. The summed E-state index contributed by atoms with van der Waals surface area (Å²) < 4.78 is -0.868. The van der Waals surface area contributed by atoms with E-state index >= 15 is 0 Å². The fourth-order valence-electron chi connectivity index (χ4n) is 3.45. The van der Waals surface area contributed by atoms with Crippen LogP contribution in [0.4, 0.5) is 0 Å². The molecule has 2 saturated carbocycles. The van der Waals surface area contributed by atoms with E-state index in [4.69, 9.17) is 23.2 Å². The van der Waals surface area contributed by atoms with E-state index in [0.29, 0.717) is 17.8 Å².